The lowest BCUT2D eigenvalue weighted by Gasteiger charge is -2.16. The van der Waals surface area contributed by atoms with E-state index in [9.17, 15) is 31.5 Å². The fourth-order valence-electron chi connectivity index (χ4n) is 2.87. The molecule has 1 fully saturated rings. The predicted molar refractivity (Wildman–Crippen MR) is 84.7 cm³/mol. The van der Waals surface area contributed by atoms with E-state index in [1.807, 2.05) is 0 Å². The molecular formula is C17H14F5N3O2. The van der Waals surface area contributed by atoms with Crippen molar-refractivity contribution in [1.82, 2.24) is 9.88 Å². The van der Waals surface area contributed by atoms with Crippen LogP contribution in [0.15, 0.2) is 24.3 Å². The summed E-state index contributed by atoms with van der Waals surface area (Å²) in [4.78, 5) is 28.2. The van der Waals surface area contributed by atoms with Crippen molar-refractivity contribution in [2.75, 3.05) is 18.4 Å². The third kappa shape index (κ3) is 3.93. The predicted octanol–water partition coefficient (Wildman–Crippen LogP) is 3.47. The number of likely N-dealkylation sites (tertiary alicyclic amines) is 1. The SMILES string of the molecule is O=C(Nc1cc(F)c(F)c(F)c1)[C@H]1CCN(C(=O)c2ccc(C(F)F)[nH]2)C1. The molecule has 2 amide bonds. The average Bonchev–Trinajstić information content (AvgIpc) is 3.28. The molecule has 0 unspecified atom stereocenters. The smallest absolute Gasteiger partial charge is 0.278 e. The number of amides is 2. The van der Waals surface area contributed by atoms with E-state index < -0.39 is 41.6 Å². The number of nitrogens with one attached hydrogen (secondary N) is 2. The van der Waals surface area contributed by atoms with Crippen LogP contribution in [0, 0.1) is 23.4 Å². The van der Waals surface area contributed by atoms with Gasteiger partial charge < -0.3 is 15.2 Å². The minimum Gasteiger partial charge on any atom is -0.350 e. The Hall–Kier alpha value is -2.91. The number of aromatic amines is 1. The van der Waals surface area contributed by atoms with Crippen LogP contribution in [0.2, 0.25) is 0 Å². The van der Waals surface area contributed by atoms with E-state index in [2.05, 4.69) is 10.3 Å². The molecule has 27 heavy (non-hydrogen) atoms. The first-order chi connectivity index (χ1) is 12.8. The van der Waals surface area contributed by atoms with Crippen molar-refractivity contribution in [2.45, 2.75) is 12.8 Å². The molecule has 10 heteroatoms. The van der Waals surface area contributed by atoms with E-state index in [4.69, 9.17) is 0 Å². The summed E-state index contributed by atoms with van der Waals surface area (Å²) >= 11 is 0. The summed E-state index contributed by atoms with van der Waals surface area (Å²) in [7, 11) is 0. The van der Waals surface area contributed by atoms with Crippen LogP contribution in [0.4, 0.5) is 27.6 Å². The van der Waals surface area contributed by atoms with E-state index >= 15 is 0 Å². The number of benzene rings is 1. The molecule has 0 aliphatic carbocycles. The van der Waals surface area contributed by atoms with Gasteiger partial charge in [0.1, 0.15) is 5.69 Å². The summed E-state index contributed by atoms with van der Waals surface area (Å²) in [5.41, 5.74) is -0.645. The summed E-state index contributed by atoms with van der Waals surface area (Å²) < 4.78 is 64.5. The van der Waals surface area contributed by atoms with Gasteiger partial charge in [-0.05, 0) is 18.6 Å². The summed E-state index contributed by atoms with van der Waals surface area (Å²) in [6.45, 7) is 0.228. The number of aromatic nitrogens is 1. The lowest BCUT2D eigenvalue weighted by atomic mass is 10.1. The number of hydrogen-bond acceptors (Lipinski definition) is 2. The third-order valence-electron chi connectivity index (χ3n) is 4.27. The monoisotopic (exact) mass is 387 g/mol. The van der Waals surface area contributed by atoms with Gasteiger partial charge in [0.05, 0.1) is 11.6 Å². The minimum absolute atomic E-state index is 0.0137. The molecule has 1 saturated heterocycles. The van der Waals surface area contributed by atoms with E-state index in [1.165, 1.54) is 11.0 Å². The molecule has 1 aromatic heterocycles. The zero-order valence-electron chi connectivity index (χ0n) is 13.7. The summed E-state index contributed by atoms with van der Waals surface area (Å²) in [6.07, 6.45) is -2.45. The Labute approximate surface area is 150 Å². The Kier molecular flexibility index (Phi) is 5.15. The molecule has 2 N–H and O–H groups in total. The van der Waals surface area contributed by atoms with E-state index in [-0.39, 0.29) is 36.6 Å². The van der Waals surface area contributed by atoms with Gasteiger partial charge in [0.2, 0.25) is 5.91 Å². The van der Waals surface area contributed by atoms with Crippen LogP contribution in [0.3, 0.4) is 0 Å². The third-order valence-corrected chi connectivity index (χ3v) is 4.27. The van der Waals surface area contributed by atoms with Crippen LogP contribution < -0.4 is 5.32 Å². The van der Waals surface area contributed by atoms with Crippen LogP contribution in [0.25, 0.3) is 0 Å². The topological polar surface area (TPSA) is 65.2 Å². The van der Waals surface area contributed by atoms with Gasteiger partial charge >= 0.3 is 0 Å². The maximum absolute atomic E-state index is 13.2. The fourth-order valence-corrected chi connectivity index (χ4v) is 2.87. The number of H-pyrrole nitrogens is 1. The Morgan fingerprint density at radius 2 is 1.81 bits per heavy atom. The molecule has 1 aromatic carbocycles. The van der Waals surface area contributed by atoms with Crippen LogP contribution >= 0.6 is 0 Å². The highest BCUT2D eigenvalue weighted by atomic mass is 19.3. The molecule has 1 aliphatic heterocycles. The second kappa shape index (κ2) is 7.37. The van der Waals surface area contributed by atoms with E-state index in [0.29, 0.717) is 12.1 Å². The minimum atomic E-state index is -2.74. The van der Waals surface area contributed by atoms with Crippen molar-refractivity contribution >= 4 is 17.5 Å². The Bertz CT molecular complexity index is 860. The van der Waals surface area contributed by atoms with E-state index in [0.717, 1.165) is 6.07 Å². The summed E-state index contributed by atoms with van der Waals surface area (Å²) in [6, 6.07) is 3.65. The number of alkyl halides is 2. The van der Waals surface area contributed by atoms with Gasteiger partial charge in [-0.25, -0.2) is 22.0 Å². The quantitative estimate of drug-likeness (QED) is 0.623. The number of rotatable bonds is 4. The van der Waals surface area contributed by atoms with Crippen LogP contribution in [0.5, 0.6) is 0 Å². The van der Waals surface area contributed by atoms with Gasteiger partial charge in [-0.2, -0.15) is 0 Å². The fraction of sp³-hybridized carbons (Fsp3) is 0.294. The van der Waals surface area contributed by atoms with Gasteiger partial charge in [-0.15, -0.1) is 0 Å². The zero-order valence-corrected chi connectivity index (χ0v) is 13.7. The van der Waals surface area contributed by atoms with Gasteiger partial charge in [-0.1, -0.05) is 0 Å². The van der Waals surface area contributed by atoms with Gasteiger partial charge in [0.25, 0.3) is 12.3 Å². The molecule has 144 valence electrons. The highest BCUT2D eigenvalue weighted by Crippen LogP contribution is 2.23. The summed E-state index contributed by atoms with van der Waals surface area (Å²) in [5, 5.41) is 2.28. The molecular weight excluding hydrogens is 373 g/mol. The molecule has 0 radical (unpaired) electrons. The van der Waals surface area contributed by atoms with Crippen molar-refractivity contribution in [3.8, 4) is 0 Å². The Balaban J connectivity index is 1.63. The van der Waals surface area contributed by atoms with Crippen molar-refractivity contribution < 1.29 is 31.5 Å². The maximum Gasteiger partial charge on any atom is 0.278 e. The second-order valence-corrected chi connectivity index (χ2v) is 6.11. The Morgan fingerprint density at radius 1 is 1.15 bits per heavy atom. The van der Waals surface area contributed by atoms with Crippen LogP contribution in [-0.2, 0) is 4.79 Å². The first-order valence-electron chi connectivity index (χ1n) is 7.98. The number of carbonyl (C=O) groups excluding carboxylic acids is 2. The average molecular weight is 387 g/mol. The van der Waals surface area contributed by atoms with Crippen molar-refractivity contribution in [3.63, 3.8) is 0 Å². The summed E-state index contributed by atoms with van der Waals surface area (Å²) in [5.74, 6) is -6.29. The normalized spacial score (nSPS) is 16.8. The standard InChI is InChI=1S/C17H14F5N3O2/c18-10-5-9(6-11(19)14(10)20)23-16(26)8-3-4-25(7-8)17(27)13-2-1-12(24-13)15(21)22/h1-2,5-6,8,15,24H,3-4,7H2,(H,23,26)/t8-/m0/s1. The van der Waals surface area contributed by atoms with Crippen molar-refractivity contribution in [3.05, 3.63) is 53.1 Å². The zero-order chi connectivity index (χ0) is 19.7. The first kappa shape index (κ1) is 18.9. The van der Waals surface area contributed by atoms with Gasteiger partial charge in [0, 0.05) is 30.9 Å². The van der Waals surface area contributed by atoms with Crippen LogP contribution in [-0.4, -0.2) is 34.8 Å². The molecule has 3 rings (SSSR count). The van der Waals surface area contributed by atoms with Crippen molar-refractivity contribution in [2.24, 2.45) is 5.92 Å². The van der Waals surface area contributed by atoms with Gasteiger partial charge in [-0.3, -0.25) is 9.59 Å². The first-order valence-corrected chi connectivity index (χ1v) is 7.98. The van der Waals surface area contributed by atoms with Crippen LogP contribution in [0.1, 0.15) is 29.0 Å². The second-order valence-electron chi connectivity index (χ2n) is 6.11. The molecule has 0 saturated carbocycles. The number of anilines is 1. The molecule has 0 bridgehead atoms. The van der Waals surface area contributed by atoms with Gasteiger partial charge in [0.15, 0.2) is 17.5 Å². The molecule has 0 spiro atoms. The highest BCUT2D eigenvalue weighted by Gasteiger charge is 2.32. The van der Waals surface area contributed by atoms with Crippen molar-refractivity contribution in [1.29, 1.82) is 0 Å². The highest BCUT2D eigenvalue weighted by molar-refractivity contribution is 5.96. The molecule has 1 aliphatic rings. The largest absolute Gasteiger partial charge is 0.350 e. The number of hydrogen-bond donors (Lipinski definition) is 2. The number of nitrogens with zero attached hydrogens (tertiary/aromatic N) is 1. The number of carbonyl (C=O) groups is 2. The lowest BCUT2D eigenvalue weighted by Crippen LogP contribution is -2.31. The number of halogens is 5. The van der Waals surface area contributed by atoms with E-state index in [1.54, 1.807) is 0 Å². The Morgan fingerprint density at radius 3 is 2.41 bits per heavy atom. The molecule has 2 aromatic rings. The molecule has 1 atom stereocenters. The maximum atomic E-state index is 13.2. The lowest BCUT2D eigenvalue weighted by molar-refractivity contribution is -0.119. The molecule has 2 heterocycles. The molecule has 5 nitrogen and oxygen atoms in total.